The van der Waals surface area contributed by atoms with E-state index in [9.17, 15) is 10.1 Å². The van der Waals surface area contributed by atoms with Gasteiger partial charge in [0.2, 0.25) is 0 Å². The van der Waals surface area contributed by atoms with Crippen LogP contribution in [0.2, 0.25) is 5.02 Å². The lowest BCUT2D eigenvalue weighted by atomic mass is 10.1. The normalized spacial score (nSPS) is 11.8. The topological polar surface area (TPSA) is 55.2 Å². The first-order valence-electron chi connectivity index (χ1n) is 5.70. The summed E-state index contributed by atoms with van der Waals surface area (Å²) in [7, 11) is 0. The monoisotopic (exact) mass is 266 g/mol. The fraction of sp³-hybridized carbons (Fsp3) is 0.385. The van der Waals surface area contributed by atoms with Crippen LogP contribution in [0.15, 0.2) is 18.2 Å². The van der Waals surface area contributed by atoms with Crippen LogP contribution in [0.4, 0.5) is 5.69 Å². The van der Waals surface area contributed by atoms with Crippen molar-refractivity contribution in [3.8, 4) is 12.3 Å². The molecule has 1 aromatic carbocycles. The summed E-state index contributed by atoms with van der Waals surface area (Å²) in [5.41, 5.74) is 0.600. The third kappa shape index (κ3) is 4.02. The highest BCUT2D eigenvalue weighted by Crippen LogP contribution is 2.23. The Morgan fingerprint density at radius 2 is 2.33 bits per heavy atom. The second-order valence-electron chi connectivity index (χ2n) is 3.92. The van der Waals surface area contributed by atoms with Gasteiger partial charge in [-0.05, 0) is 18.6 Å². The van der Waals surface area contributed by atoms with Gasteiger partial charge in [0.1, 0.15) is 0 Å². The molecular formula is C13H15ClN2O2. The quantitative estimate of drug-likeness (QED) is 0.489. The summed E-state index contributed by atoms with van der Waals surface area (Å²) in [6, 6.07) is 4.57. The largest absolute Gasteiger partial charge is 0.299 e. The zero-order chi connectivity index (χ0) is 13.5. The number of hydrogen-bond donors (Lipinski definition) is 1. The predicted molar refractivity (Wildman–Crippen MR) is 72.5 cm³/mol. The van der Waals surface area contributed by atoms with E-state index < -0.39 is 4.92 Å². The van der Waals surface area contributed by atoms with Gasteiger partial charge in [0.25, 0.3) is 5.69 Å². The van der Waals surface area contributed by atoms with Gasteiger partial charge in [-0.3, -0.25) is 15.4 Å². The number of rotatable bonds is 6. The Morgan fingerprint density at radius 3 is 2.89 bits per heavy atom. The van der Waals surface area contributed by atoms with E-state index in [4.69, 9.17) is 18.0 Å². The molecule has 0 aliphatic heterocycles. The number of nitro benzene ring substituents is 1. The predicted octanol–water partition coefficient (Wildman–Crippen LogP) is 3.14. The minimum Gasteiger partial charge on any atom is -0.299 e. The van der Waals surface area contributed by atoms with Gasteiger partial charge in [-0.1, -0.05) is 30.9 Å². The van der Waals surface area contributed by atoms with Gasteiger partial charge in [0.15, 0.2) is 0 Å². The van der Waals surface area contributed by atoms with Crippen LogP contribution in [0.5, 0.6) is 0 Å². The van der Waals surface area contributed by atoms with Gasteiger partial charge in [-0.25, -0.2) is 0 Å². The minimum absolute atomic E-state index is 0.0160. The molecule has 0 bridgehead atoms. The molecule has 1 N–H and O–H groups in total. The average molecular weight is 267 g/mol. The van der Waals surface area contributed by atoms with Crippen molar-refractivity contribution in [1.82, 2.24) is 5.32 Å². The van der Waals surface area contributed by atoms with Crippen LogP contribution < -0.4 is 5.32 Å². The van der Waals surface area contributed by atoms with Crippen LogP contribution in [-0.4, -0.2) is 11.0 Å². The van der Waals surface area contributed by atoms with Gasteiger partial charge in [-0.2, -0.15) is 0 Å². The molecular weight excluding hydrogens is 252 g/mol. The summed E-state index contributed by atoms with van der Waals surface area (Å²) in [6.45, 7) is 2.40. The van der Waals surface area contributed by atoms with Gasteiger partial charge < -0.3 is 0 Å². The van der Waals surface area contributed by atoms with E-state index in [1.54, 1.807) is 12.1 Å². The van der Waals surface area contributed by atoms with E-state index in [1.165, 1.54) is 6.07 Å². The molecule has 1 unspecified atom stereocenters. The molecule has 18 heavy (non-hydrogen) atoms. The molecule has 0 saturated heterocycles. The molecule has 96 valence electrons. The van der Waals surface area contributed by atoms with Crippen LogP contribution >= 0.6 is 11.6 Å². The third-order valence-electron chi connectivity index (χ3n) is 2.56. The van der Waals surface area contributed by atoms with Crippen LogP contribution in [-0.2, 0) is 6.54 Å². The maximum atomic E-state index is 10.9. The highest BCUT2D eigenvalue weighted by Gasteiger charge is 2.14. The molecule has 0 aliphatic carbocycles. The van der Waals surface area contributed by atoms with E-state index in [0.29, 0.717) is 17.1 Å². The smallest absolute Gasteiger partial charge is 0.275 e. The molecule has 1 rings (SSSR count). The number of nitro groups is 1. The summed E-state index contributed by atoms with van der Waals surface area (Å²) < 4.78 is 0. The first kappa shape index (κ1) is 14.5. The van der Waals surface area contributed by atoms with Crippen LogP contribution in [0.25, 0.3) is 0 Å². The Hall–Kier alpha value is -1.57. The number of halogens is 1. The van der Waals surface area contributed by atoms with Crippen LogP contribution in [0, 0.1) is 22.5 Å². The van der Waals surface area contributed by atoms with Crippen LogP contribution in [0.3, 0.4) is 0 Å². The molecule has 0 fully saturated rings. The SMILES string of the molecule is C#CC(CCC)NCc1ccc(Cl)cc1[N+](=O)[O-]. The average Bonchev–Trinajstić information content (AvgIpc) is 2.35. The second-order valence-corrected chi connectivity index (χ2v) is 4.36. The zero-order valence-corrected chi connectivity index (χ0v) is 10.9. The lowest BCUT2D eigenvalue weighted by molar-refractivity contribution is -0.385. The molecule has 0 saturated carbocycles. The summed E-state index contributed by atoms with van der Waals surface area (Å²) >= 11 is 5.74. The Labute approximate surface area is 111 Å². The van der Waals surface area contributed by atoms with E-state index in [1.807, 2.05) is 6.92 Å². The highest BCUT2D eigenvalue weighted by molar-refractivity contribution is 6.30. The molecule has 0 spiro atoms. The molecule has 0 amide bonds. The Bertz CT molecular complexity index is 469. The first-order chi connectivity index (χ1) is 8.58. The zero-order valence-electron chi connectivity index (χ0n) is 10.1. The highest BCUT2D eigenvalue weighted by atomic mass is 35.5. The Balaban J connectivity index is 2.78. The van der Waals surface area contributed by atoms with Gasteiger partial charge >= 0.3 is 0 Å². The fourth-order valence-corrected chi connectivity index (χ4v) is 1.79. The first-order valence-corrected chi connectivity index (χ1v) is 6.08. The third-order valence-corrected chi connectivity index (χ3v) is 2.80. The molecule has 0 aromatic heterocycles. The summed E-state index contributed by atoms with van der Waals surface area (Å²) in [5.74, 6) is 2.63. The minimum atomic E-state index is -0.437. The molecule has 0 radical (unpaired) electrons. The standard InChI is InChI=1S/C13H15ClN2O2/c1-3-5-12(4-2)15-9-10-6-7-11(14)8-13(10)16(17)18/h2,6-8,12,15H,3,5,9H2,1H3. The second kappa shape index (κ2) is 7.00. The van der Waals surface area contributed by atoms with Crippen molar-refractivity contribution < 1.29 is 4.92 Å². The van der Waals surface area contributed by atoms with Gasteiger partial charge in [0.05, 0.1) is 11.0 Å². The Morgan fingerprint density at radius 1 is 1.61 bits per heavy atom. The van der Waals surface area contributed by atoms with Crippen molar-refractivity contribution in [3.05, 3.63) is 38.9 Å². The summed E-state index contributed by atoms with van der Waals surface area (Å²) in [5, 5.41) is 14.4. The summed E-state index contributed by atoms with van der Waals surface area (Å²) in [4.78, 5) is 10.5. The van der Waals surface area contributed by atoms with Crippen molar-refractivity contribution in [2.75, 3.05) is 0 Å². The maximum Gasteiger partial charge on any atom is 0.275 e. The molecule has 4 nitrogen and oxygen atoms in total. The van der Waals surface area contributed by atoms with E-state index in [0.717, 1.165) is 12.8 Å². The van der Waals surface area contributed by atoms with E-state index >= 15 is 0 Å². The number of benzene rings is 1. The molecule has 0 aliphatic rings. The van der Waals surface area contributed by atoms with Gasteiger partial charge in [0, 0.05) is 23.2 Å². The Kier molecular flexibility index (Phi) is 5.63. The van der Waals surface area contributed by atoms with Crippen molar-refractivity contribution in [1.29, 1.82) is 0 Å². The van der Waals surface area contributed by atoms with Gasteiger partial charge in [-0.15, -0.1) is 6.42 Å². The van der Waals surface area contributed by atoms with Crippen molar-refractivity contribution in [2.24, 2.45) is 0 Å². The number of terminal acetylenes is 1. The lowest BCUT2D eigenvalue weighted by Gasteiger charge is -2.12. The lowest BCUT2D eigenvalue weighted by Crippen LogP contribution is -2.27. The van der Waals surface area contributed by atoms with Crippen LogP contribution in [0.1, 0.15) is 25.3 Å². The summed E-state index contributed by atoms with van der Waals surface area (Å²) in [6.07, 6.45) is 7.19. The van der Waals surface area contributed by atoms with Crippen molar-refractivity contribution >= 4 is 17.3 Å². The molecule has 1 atom stereocenters. The van der Waals surface area contributed by atoms with E-state index in [2.05, 4.69) is 11.2 Å². The number of nitrogens with one attached hydrogen (secondary N) is 1. The number of nitrogens with zero attached hydrogens (tertiary/aromatic N) is 1. The van der Waals surface area contributed by atoms with E-state index in [-0.39, 0.29) is 11.7 Å². The number of hydrogen-bond acceptors (Lipinski definition) is 3. The molecule has 1 aromatic rings. The maximum absolute atomic E-state index is 10.9. The molecule has 5 heteroatoms. The fourth-order valence-electron chi connectivity index (χ4n) is 1.62. The molecule has 0 heterocycles. The van der Waals surface area contributed by atoms with Crippen molar-refractivity contribution in [2.45, 2.75) is 32.4 Å². The van der Waals surface area contributed by atoms with Crippen molar-refractivity contribution in [3.63, 3.8) is 0 Å².